The van der Waals surface area contributed by atoms with E-state index in [0.717, 1.165) is 100 Å². The van der Waals surface area contributed by atoms with Crippen molar-refractivity contribution in [2.75, 3.05) is 18.8 Å². The Morgan fingerprint density at radius 2 is 0.583 bits per heavy atom. The Hall–Kier alpha value is -11.6. The molecule has 0 aliphatic carbocycles. The van der Waals surface area contributed by atoms with Gasteiger partial charge in [0.25, 0.3) is 0 Å². The maximum atomic E-state index is 13.2. The molecule has 632 valence electrons. The number of nitrogen functional groups attached to an aromatic ring is 1. The number of aliphatic carboxylic acids is 6. The van der Waals surface area contributed by atoms with E-state index in [2.05, 4.69) is 33.0 Å². The first-order valence-corrected chi connectivity index (χ1v) is 38.7. The monoisotopic (exact) mass is 2000 g/mol. The number of aliphatic imine (C=N–C) groups is 1. The number of carboxylic acids is 6. The molecule has 120 heavy (non-hydrogen) atoms. The summed E-state index contributed by atoms with van der Waals surface area (Å²) < 4.78 is 0. The molecule has 8 aromatic rings. The van der Waals surface area contributed by atoms with Crippen LogP contribution in [0.3, 0.4) is 0 Å². The first kappa shape index (κ1) is 95.5. The third kappa shape index (κ3) is 23.7. The quantitative estimate of drug-likeness (QED) is 0.0111. The summed E-state index contributed by atoms with van der Waals surface area (Å²) in [6, 6.07) is 29.8. The average Bonchev–Trinajstić information content (AvgIpc) is 1.62. The molecule has 2 aromatic carbocycles. The van der Waals surface area contributed by atoms with Gasteiger partial charge in [-0.15, -0.1) is 44.1 Å². The van der Waals surface area contributed by atoms with Gasteiger partial charge in [-0.2, -0.15) is 4.99 Å². The third-order valence-electron chi connectivity index (χ3n) is 21.6. The molecule has 0 saturated heterocycles. The Morgan fingerprint density at radius 3 is 0.833 bits per heavy atom. The van der Waals surface area contributed by atoms with Gasteiger partial charge in [0.15, 0.2) is 0 Å². The number of thiocarbonyl (C=S) groups is 1. The SMILES string of the molecule is C.C.CC1=C(CCC(=O)O)c2cc3[n-]c(cc4nc(cc5[n-]c(cc1n2)c(CCC(=O)O)c5C)C(CCC(=O)NCCc1ccc(N)cc1)=C4C)c(CCC(=O)O)c3C.CC1=C(CCC(=O)O)c2cc3[n-]c(cc4nc(cc5[n-]c(cc1n2)c(CCC(=O)O)c5C)C(CCC(=O)NCCc1ccc(N=C=S)cc1)=C4C)c(CCC(=O)O)c3C.[Pt+2].[Pt+2]. The Labute approximate surface area is 729 Å². The van der Waals surface area contributed by atoms with Crippen LogP contribution in [0.1, 0.15) is 221 Å². The molecular formula is C91H98N12O14Pt2S. The van der Waals surface area contributed by atoms with Crippen molar-refractivity contribution in [3.05, 3.63) is 198 Å². The Kier molecular flexibility index (Phi) is 34.1. The zero-order valence-electron chi connectivity index (χ0n) is 66.5. The first-order valence-electron chi connectivity index (χ1n) is 38.3. The van der Waals surface area contributed by atoms with Gasteiger partial charge in [-0.3, -0.25) is 38.4 Å². The van der Waals surface area contributed by atoms with E-state index < -0.39 is 35.8 Å². The summed E-state index contributed by atoms with van der Waals surface area (Å²) in [5, 5.41) is 66.0. The molecule has 0 fully saturated rings. The van der Waals surface area contributed by atoms with Crippen LogP contribution in [0.25, 0.3) is 88.7 Å². The number of fused-ring (bicyclic) bond motifs is 16. The molecular weight excluding hydrogens is 1910 g/mol. The van der Waals surface area contributed by atoms with E-state index in [1.165, 1.54) is 0 Å². The molecule has 29 heteroatoms. The number of carbonyl (C=O) groups is 8. The van der Waals surface area contributed by atoms with E-state index in [0.29, 0.717) is 140 Å². The number of aromatic nitrogens is 8. The van der Waals surface area contributed by atoms with Crippen molar-refractivity contribution in [2.45, 2.75) is 186 Å². The number of rotatable bonds is 31. The maximum absolute atomic E-state index is 13.2. The number of nitrogens with zero attached hydrogens (tertiary/aromatic N) is 9. The first-order chi connectivity index (χ1) is 55.4. The number of hydrogen-bond donors (Lipinski definition) is 9. The molecule has 12 rings (SSSR count). The molecule has 10 N–H and O–H groups in total. The topological polar surface area (TPSA) is 428 Å². The summed E-state index contributed by atoms with van der Waals surface area (Å²) in [4.78, 5) is 141. The van der Waals surface area contributed by atoms with E-state index in [4.69, 9.17) is 45.6 Å². The fraction of sp³-hybridized carbons (Fsp3) is 0.330. The van der Waals surface area contributed by atoms with Crippen molar-refractivity contribution in [1.29, 1.82) is 0 Å². The molecule has 10 heterocycles. The van der Waals surface area contributed by atoms with E-state index in [-0.39, 0.29) is 159 Å². The second-order valence-electron chi connectivity index (χ2n) is 29.2. The number of carbonyl (C=O) groups excluding carboxylic acids is 2. The smallest absolute Gasteiger partial charge is 0.657 e. The van der Waals surface area contributed by atoms with Gasteiger partial charge >= 0.3 is 77.9 Å². The number of amides is 2. The second-order valence-corrected chi connectivity index (χ2v) is 29.4. The summed E-state index contributed by atoms with van der Waals surface area (Å²) in [6.45, 7) is 16.1. The predicted octanol–water partition coefficient (Wildman–Crippen LogP) is 15.8. The molecule has 0 saturated carbocycles. The standard InChI is InChI=1S/C45H46N6O7S.C44H48N6O7.2CH4.2Pt/c1-24-30(9-13-42(52)46-18-17-28-5-7-29(8-6-28)47-23-59)38-19-35-25(2)31(10-14-43(53)54)40(49-35)21-37-27(4)33(12-16-45(57)58)41(51-37)22-36-26(3)32(11-15-44(55)56)39(50-36)20-34(24)48-38;1-23-29(9-13-41(51)46-18-17-27-5-7-28(45)8-6-27)37-19-34-24(2)30(10-14-42(52)53)39(48-34)21-36-26(4)32(12-16-44(56)57)40(50-36)22-35-25(3)31(11-15-43(54)55)38(49-35)20-33(23)47-37;;;;/h5-8,19-22H,9-18H2,1-4H3,(H6,46,48,49,50,51,52,53,54,55,56,57,58);5-8,19-22H,9-18,45H2,1-4H3,(H6,46,47,48,49,50,51,52,53,54,55,56,57);2*1H4;;/q;;;;2*+2/p-4. The molecule has 0 atom stereocenters. The minimum Gasteiger partial charge on any atom is -0.657 e. The number of nitrogens with one attached hydrogen (secondary N) is 2. The van der Waals surface area contributed by atoms with Crippen LogP contribution in [-0.4, -0.2) is 116 Å². The van der Waals surface area contributed by atoms with Crippen molar-refractivity contribution in [3.63, 3.8) is 0 Å². The summed E-state index contributed by atoms with van der Waals surface area (Å²) >= 11 is 4.67. The number of aryl methyl sites for hydroxylation is 8. The summed E-state index contributed by atoms with van der Waals surface area (Å²) in [6.07, 6.45) is 3.11. The third-order valence-corrected chi connectivity index (χ3v) is 21.7. The van der Waals surface area contributed by atoms with E-state index in [9.17, 15) is 69.0 Å². The zero-order chi connectivity index (χ0) is 83.3. The van der Waals surface area contributed by atoms with Gasteiger partial charge in [-0.25, -0.2) is 19.9 Å². The molecule has 4 aliphatic heterocycles. The zero-order valence-corrected chi connectivity index (χ0v) is 71.8. The van der Waals surface area contributed by atoms with Crippen LogP contribution in [0.4, 0.5) is 11.4 Å². The van der Waals surface area contributed by atoms with Crippen LogP contribution in [0.2, 0.25) is 0 Å². The number of isothiocyanates is 1. The van der Waals surface area contributed by atoms with Gasteiger partial charge in [0.2, 0.25) is 11.8 Å². The Bertz CT molecular complexity index is 5880. The van der Waals surface area contributed by atoms with Gasteiger partial charge in [-0.05, 0) is 212 Å². The van der Waals surface area contributed by atoms with Gasteiger partial charge in [0.1, 0.15) is 0 Å². The van der Waals surface area contributed by atoms with Gasteiger partial charge in [0, 0.05) is 70.1 Å². The summed E-state index contributed by atoms with van der Waals surface area (Å²) in [5.41, 5.74) is 31.1. The molecule has 4 aliphatic rings. The predicted molar refractivity (Wildman–Crippen MR) is 462 cm³/mol. The maximum Gasteiger partial charge on any atom is 2.00 e. The molecule has 0 radical (unpaired) electrons. The van der Waals surface area contributed by atoms with Crippen molar-refractivity contribution in [2.24, 2.45) is 4.99 Å². The van der Waals surface area contributed by atoms with Crippen molar-refractivity contribution in [1.82, 2.24) is 50.5 Å². The van der Waals surface area contributed by atoms with Crippen LogP contribution >= 0.6 is 12.2 Å². The van der Waals surface area contributed by atoms with Crippen LogP contribution < -0.4 is 36.3 Å². The van der Waals surface area contributed by atoms with Crippen LogP contribution in [0, 0.1) is 27.7 Å². The minimum atomic E-state index is -0.950. The molecule has 0 unspecified atom stereocenters. The van der Waals surface area contributed by atoms with E-state index >= 15 is 0 Å². The van der Waals surface area contributed by atoms with Crippen LogP contribution in [-0.2, 0) is 119 Å². The summed E-state index contributed by atoms with van der Waals surface area (Å²) in [5.74, 6) is -5.91. The van der Waals surface area contributed by atoms with Crippen LogP contribution in [0.15, 0.2) is 102 Å². The van der Waals surface area contributed by atoms with Gasteiger partial charge in [-0.1, -0.05) is 132 Å². The van der Waals surface area contributed by atoms with Crippen molar-refractivity contribution in [3.8, 4) is 0 Å². The number of carboxylic acid groups (broad SMARTS) is 6. The van der Waals surface area contributed by atoms with E-state index in [1.807, 2.05) is 152 Å². The number of allylic oxidation sites excluding steroid dienone is 8. The largest absolute Gasteiger partial charge is 2.00 e. The van der Waals surface area contributed by atoms with Crippen molar-refractivity contribution >= 4 is 165 Å². The van der Waals surface area contributed by atoms with Gasteiger partial charge < -0.3 is 66.9 Å². The number of nitrogens with two attached hydrogens (primary N) is 1. The molecule has 26 nitrogen and oxygen atoms in total. The number of hydrogen-bond acceptors (Lipinski definition) is 15. The summed E-state index contributed by atoms with van der Waals surface area (Å²) in [7, 11) is 0. The normalized spacial score (nSPS) is 12.1. The fourth-order valence-electron chi connectivity index (χ4n) is 14.9. The Balaban J connectivity index is 0.000000320. The molecule has 6 aromatic heterocycles. The van der Waals surface area contributed by atoms with Crippen molar-refractivity contribution < 1.29 is 111 Å². The van der Waals surface area contributed by atoms with Gasteiger partial charge in [0.05, 0.1) is 56.4 Å². The Morgan fingerprint density at radius 1 is 0.350 bits per heavy atom. The fourth-order valence-corrected chi connectivity index (χ4v) is 15.0. The number of anilines is 1. The molecule has 0 spiro atoms. The molecule has 2 amide bonds. The van der Waals surface area contributed by atoms with Crippen LogP contribution in [0.5, 0.6) is 0 Å². The molecule has 16 bridgehead atoms. The van der Waals surface area contributed by atoms with E-state index in [1.54, 1.807) is 0 Å². The second kappa shape index (κ2) is 42.9. The minimum absolute atomic E-state index is 0. The average molecular weight is 2010 g/mol. The number of benzene rings is 2.